The second-order valence-electron chi connectivity index (χ2n) is 4.00. The van der Waals surface area contributed by atoms with Gasteiger partial charge in [-0.3, -0.25) is 0 Å². The van der Waals surface area contributed by atoms with Crippen LogP contribution in [0.2, 0.25) is 0 Å². The Morgan fingerprint density at radius 2 is 2.18 bits per heavy atom. The molecule has 0 amide bonds. The predicted molar refractivity (Wildman–Crippen MR) is 65.8 cm³/mol. The van der Waals surface area contributed by atoms with Gasteiger partial charge in [0.15, 0.2) is 0 Å². The SMILES string of the molecule is COCCOCCc1nccc(CC(C)N)n1. The molecule has 5 nitrogen and oxygen atoms in total. The summed E-state index contributed by atoms with van der Waals surface area (Å²) >= 11 is 0. The second-order valence-corrected chi connectivity index (χ2v) is 4.00. The van der Waals surface area contributed by atoms with Gasteiger partial charge in [0.2, 0.25) is 0 Å². The molecule has 1 rings (SSSR count). The molecule has 5 heteroatoms. The van der Waals surface area contributed by atoms with E-state index in [1.165, 1.54) is 0 Å². The summed E-state index contributed by atoms with van der Waals surface area (Å²) in [6.07, 6.45) is 3.27. The maximum atomic E-state index is 5.73. The van der Waals surface area contributed by atoms with Crippen molar-refractivity contribution in [1.82, 2.24) is 9.97 Å². The van der Waals surface area contributed by atoms with Gasteiger partial charge in [0, 0.05) is 37.9 Å². The van der Waals surface area contributed by atoms with E-state index >= 15 is 0 Å². The molecule has 1 atom stereocenters. The smallest absolute Gasteiger partial charge is 0.130 e. The molecule has 1 unspecified atom stereocenters. The Morgan fingerprint density at radius 3 is 2.88 bits per heavy atom. The first-order valence-corrected chi connectivity index (χ1v) is 5.85. The Balaban J connectivity index is 2.32. The normalized spacial score (nSPS) is 12.6. The fourth-order valence-corrected chi connectivity index (χ4v) is 1.41. The average molecular weight is 239 g/mol. The van der Waals surface area contributed by atoms with Crippen LogP contribution >= 0.6 is 0 Å². The van der Waals surface area contributed by atoms with Gasteiger partial charge in [0.25, 0.3) is 0 Å². The predicted octanol–water partition coefficient (Wildman–Crippen LogP) is 0.572. The lowest BCUT2D eigenvalue weighted by molar-refractivity contribution is 0.0716. The van der Waals surface area contributed by atoms with Gasteiger partial charge in [0.05, 0.1) is 19.8 Å². The first-order valence-electron chi connectivity index (χ1n) is 5.85. The fourth-order valence-electron chi connectivity index (χ4n) is 1.41. The molecule has 0 aliphatic rings. The first kappa shape index (κ1) is 14.0. The van der Waals surface area contributed by atoms with Gasteiger partial charge in [-0.25, -0.2) is 9.97 Å². The van der Waals surface area contributed by atoms with Crippen molar-refractivity contribution in [2.45, 2.75) is 25.8 Å². The average Bonchev–Trinajstić information content (AvgIpc) is 2.28. The number of nitrogens with two attached hydrogens (primary N) is 1. The fraction of sp³-hybridized carbons (Fsp3) is 0.667. The first-order chi connectivity index (χ1) is 8.22. The highest BCUT2D eigenvalue weighted by Gasteiger charge is 2.02. The van der Waals surface area contributed by atoms with Crippen LogP contribution in [0.3, 0.4) is 0 Å². The summed E-state index contributed by atoms with van der Waals surface area (Å²) in [7, 11) is 1.66. The lowest BCUT2D eigenvalue weighted by atomic mass is 10.2. The van der Waals surface area contributed by atoms with Gasteiger partial charge >= 0.3 is 0 Å². The Morgan fingerprint density at radius 1 is 1.35 bits per heavy atom. The van der Waals surface area contributed by atoms with E-state index < -0.39 is 0 Å². The number of hydrogen-bond donors (Lipinski definition) is 1. The molecular formula is C12H21N3O2. The maximum absolute atomic E-state index is 5.73. The summed E-state index contributed by atoms with van der Waals surface area (Å²) in [5, 5.41) is 0. The summed E-state index contributed by atoms with van der Waals surface area (Å²) in [5.41, 5.74) is 6.72. The van der Waals surface area contributed by atoms with Crippen molar-refractivity contribution in [3.05, 3.63) is 23.8 Å². The maximum Gasteiger partial charge on any atom is 0.130 e. The number of nitrogens with zero attached hydrogens (tertiary/aromatic N) is 2. The summed E-state index contributed by atoms with van der Waals surface area (Å²) in [6, 6.07) is 2.02. The van der Waals surface area contributed by atoms with Crippen molar-refractivity contribution >= 4 is 0 Å². The lowest BCUT2D eigenvalue weighted by Gasteiger charge is -2.06. The van der Waals surface area contributed by atoms with Crippen LogP contribution in [-0.2, 0) is 22.3 Å². The van der Waals surface area contributed by atoms with E-state index in [2.05, 4.69) is 9.97 Å². The molecule has 1 aromatic heterocycles. The van der Waals surface area contributed by atoms with Crippen LogP contribution in [0.1, 0.15) is 18.4 Å². The zero-order valence-corrected chi connectivity index (χ0v) is 10.6. The van der Waals surface area contributed by atoms with Crippen molar-refractivity contribution in [3.63, 3.8) is 0 Å². The summed E-state index contributed by atoms with van der Waals surface area (Å²) in [6.45, 7) is 3.81. The van der Waals surface area contributed by atoms with E-state index in [1.807, 2.05) is 13.0 Å². The van der Waals surface area contributed by atoms with Gasteiger partial charge in [0.1, 0.15) is 5.82 Å². The van der Waals surface area contributed by atoms with Gasteiger partial charge in [-0.05, 0) is 13.0 Å². The van der Waals surface area contributed by atoms with E-state index in [0.29, 0.717) is 19.8 Å². The molecule has 17 heavy (non-hydrogen) atoms. The van der Waals surface area contributed by atoms with E-state index in [0.717, 1.165) is 24.4 Å². The van der Waals surface area contributed by atoms with Gasteiger partial charge in [-0.2, -0.15) is 0 Å². The van der Waals surface area contributed by atoms with Crippen molar-refractivity contribution in [3.8, 4) is 0 Å². The Bertz CT molecular complexity index is 318. The molecular weight excluding hydrogens is 218 g/mol. The zero-order chi connectivity index (χ0) is 12.5. The summed E-state index contributed by atoms with van der Waals surface area (Å²) in [5.74, 6) is 0.806. The van der Waals surface area contributed by atoms with Crippen LogP contribution in [0.15, 0.2) is 12.3 Å². The van der Waals surface area contributed by atoms with Crippen molar-refractivity contribution in [2.75, 3.05) is 26.9 Å². The molecule has 0 radical (unpaired) electrons. The minimum absolute atomic E-state index is 0.121. The van der Waals surface area contributed by atoms with Crippen LogP contribution < -0.4 is 5.73 Å². The highest BCUT2D eigenvalue weighted by Crippen LogP contribution is 2.00. The van der Waals surface area contributed by atoms with Crippen LogP contribution in [0.25, 0.3) is 0 Å². The van der Waals surface area contributed by atoms with Crippen LogP contribution in [0.4, 0.5) is 0 Å². The molecule has 0 saturated carbocycles. The Kier molecular flexibility index (Phi) is 6.69. The minimum atomic E-state index is 0.121. The molecule has 1 aromatic rings. The number of hydrogen-bond acceptors (Lipinski definition) is 5. The third-order valence-electron chi connectivity index (χ3n) is 2.20. The highest BCUT2D eigenvalue weighted by molar-refractivity contribution is 5.04. The number of methoxy groups -OCH3 is 1. The standard InChI is InChI=1S/C12H21N3O2/c1-10(13)9-11-3-5-14-12(15-11)4-6-17-8-7-16-2/h3,5,10H,4,6-9,13H2,1-2H3. The summed E-state index contributed by atoms with van der Waals surface area (Å²) in [4.78, 5) is 8.63. The molecule has 1 heterocycles. The van der Waals surface area contributed by atoms with Gasteiger partial charge < -0.3 is 15.2 Å². The zero-order valence-electron chi connectivity index (χ0n) is 10.6. The highest BCUT2D eigenvalue weighted by atomic mass is 16.5. The van der Waals surface area contributed by atoms with Crippen LogP contribution in [0.5, 0.6) is 0 Å². The molecule has 96 valence electrons. The van der Waals surface area contributed by atoms with Crippen molar-refractivity contribution < 1.29 is 9.47 Å². The third kappa shape index (κ3) is 6.31. The Labute approximate surface area is 102 Å². The quantitative estimate of drug-likeness (QED) is 0.672. The molecule has 0 bridgehead atoms. The van der Waals surface area contributed by atoms with Crippen molar-refractivity contribution in [2.24, 2.45) is 5.73 Å². The van der Waals surface area contributed by atoms with Gasteiger partial charge in [-0.1, -0.05) is 0 Å². The second kappa shape index (κ2) is 8.11. The van der Waals surface area contributed by atoms with E-state index in [9.17, 15) is 0 Å². The number of ether oxygens (including phenoxy) is 2. The van der Waals surface area contributed by atoms with Crippen LogP contribution in [0, 0.1) is 0 Å². The van der Waals surface area contributed by atoms with Crippen LogP contribution in [-0.4, -0.2) is 42.9 Å². The van der Waals surface area contributed by atoms with E-state index in [4.69, 9.17) is 15.2 Å². The molecule has 0 saturated heterocycles. The molecule has 2 N–H and O–H groups in total. The van der Waals surface area contributed by atoms with E-state index in [1.54, 1.807) is 13.3 Å². The monoisotopic (exact) mass is 239 g/mol. The van der Waals surface area contributed by atoms with Crippen molar-refractivity contribution in [1.29, 1.82) is 0 Å². The Hall–Kier alpha value is -1.04. The topological polar surface area (TPSA) is 70.3 Å². The molecule has 0 fully saturated rings. The summed E-state index contributed by atoms with van der Waals surface area (Å²) < 4.78 is 10.3. The number of aromatic nitrogens is 2. The third-order valence-corrected chi connectivity index (χ3v) is 2.20. The number of rotatable bonds is 8. The van der Waals surface area contributed by atoms with E-state index in [-0.39, 0.29) is 6.04 Å². The molecule has 0 aliphatic heterocycles. The molecule has 0 aromatic carbocycles. The molecule has 0 spiro atoms. The minimum Gasteiger partial charge on any atom is -0.382 e. The van der Waals surface area contributed by atoms with Gasteiger partial charge in [-0.15, -0.1) is 0 Å². The molecule has 0 aliphatic carbocycles. The lowest BCUT2D eigenvalue weighted by Crippen LogP contribution is -2.19. The largest absolute Gasteiger partial charge is 0.382 e.